The van der Waals surface area contributed by atoms with Crippen molar-refractivity contribution in [2.45, 2.75) is 264 Å². The number of aliphatic hydroxyl groups is 1. The van der Waals surface area contributed by atoms with E-state index in [1.54, 1.807) is 54.8 Å². The summed E-state index contributed by atoms with van der Waals surface area (Å²) in [6, 6.07) is 3.18. The molecule has 0 aliphatic rings. The van der Waals surface area contributed by atoms with E-state index >= 15 is 0 Å². The molecular formula is C65H113N9O8. The Balaban J connectivity index is 1.41. The Morgan fingerprint density at radius 2 is 0.988 bits per heavy atom. The van der Waals surface area contributed by atoms with Gasteiger partial charge >= 0.3 is 11.9 Å². The molecule has 17 nitrogen and oxygen atoms in total. The largest absolute Gasteiger partial charge is 0.466 e. The van der Waals surface area contributed by atoms with Crippen molar-refractivity contribution in [3.05, 3.63) is 47.9 Å². The lowest BCUT2D eigenvalue weighted by atomic mass is 10.0. The van der Waals surface area contributed by atoms with Gasteiger partial charge in [-0.3, -0.25) is 24.0 Å². The van der Waals surface area contributed by atoms with E-state index in [4.69, 9.17) is 15.2 Å². The van der Waals surface area contributed by atoms with E-state index in [2.05, 4.69) is 46.6 Å². The molecule has 0 aliphatic carbocycles. The number of nitrogens with one attached hydrogen (secondary N) is 3. The van der Waals surface area contributed by atoms with Crippen molar-refractivity contribution in [1.82, 2.24) is 28.9 Å². The van der Waals surface area contributed by atoms with Gasteiger partial charge < -0.3 is 54.9 Å². The number of esters is 2. The summed E-state index contributed by atoms with van der Waals surface area (Å²) < 4.78 is 16.4. The lowest BCUT2D eigenvalue weighted by Gasteiger charge is -2.25. The zero-order valence-electron chi connectivity index (χ0n) is 52.2. The lowest BCUT2D eigenvalue weighted by Crippen LogP contribution is -2.34. The van der Waals surface area contributed by atoms with Gasteiger partial charge in [0.25, 0.3) is 17.7 Å². The van der Waals surface area contributed by atoms with Crippen LogP contribution in [0.2, 0.25) is 0 Å². The molecule has 17 heteroatoms. The summed E-state index contributed by atoms with van der Waals surface area (Å²) in [4.78, 5) is 71.2. The Kier molecular flexibility index (Phi) is 38.5. The van der Waals surface area contributed by atoms with Crippen molar-refractivity contribution < 1.29 is 38.6 Å². The van der Waals surface area contributed by atoms with Gasteiger partial charge in [-0.25, -0.2) is 4.98 Å². The average Bonchev–Trinajstić information content (AvgIpc) is 4.26. The quantitative estimate of drug-likeness (QED) is 0.0265. The highest BCUT2D eigenvalue weighted by molar-refractivity contribution is 6.06. The lowest BCUT2D eigenvalue weighted by molar-refractivity contribution is -0.150. The minimum absolute atomic E-state index is 0.0380. The monoisotopic (exact) mass is 1150 g/mol. The molecule has 0 bridgehead atoms. The molecule has 0 saturated heterocycles. The van der Waals surface area contributed by atoms with Gasteiger partial charge in [0.1, 0.15) is 23.3 Å². The average molecular weight is 1150 g/mol. The second-order valence-electron chi connectivity index (χ2n) is 23.3. The first kappa shape index (κ1) is 71.1. The normalized spacial score (nSPS) is 11.9. The van der Waals surface area contributed by atoms with Gasteiger partial charge in [0, 0.05) is 65.7 Å². The van der Waals surface area contributed by atoms with Crippen LogP contribution in [0.15, 0.2) is 30.7 Å². The molecule has 3 heterocycles. The predicted molar refractivity (Wildman–Crippen MR) is 333 cm³/mol. The van der Waals surface area contributed by atoms with Crippen molar-refractivity contribution in [3.63, 3.8) is 0 Å². The number of carbonyl (C=O) groups is 5. The number of carbonyl (C=O) groups excluding carboxylic acids is 5. The molecule has 1 unspecified atom stereocenters. The third-order valence-corrected chi connectivity index (χ3v) is 15.6. The molecule has 0 saturated carbocycles. The number of aromatic nitrogens is 4. The van der Waals surface area contributed by atoms with Gasteiger partial charge in [-0.05, 0) is 102 Å². The molecular weight excluding hydrogens is 1030 g/mol. The van der Waals surface area contributed by atoms with Gasteiger partial charge in [-0.1, -0.05) is 162 Å². The molecule has 3 amide bonds. The van der Waals surface area contributed by atoms with Crippen LogP contribution >= 0.6 is 0 Å². The summed E-state index contributed by atoms with van der Waals surface area (Å²) in [7, 11) is 5.10. The number of nitrogen functional groups attached to an aromatic ring is 1. The fourth-order valence-corrected chi connectivity index (χ4v) is 10.7. The number of anilines is 3. The van der Waals surface area contributed by atoms with Crippen LogP contribution in [0.1, 0.15) is 284 Å². The number of hydrogen-bond acceptors (Lipinski definition) is 11. The van der Waals surface area contributed by atoms with Gasteiger partial charge in [0.05, 0.1) is 24.1 Å². The fourth-order valence-electron chi connectivity index (χ4n) is 10.7. The Morgan fingerprint density at radius 3 is 1.52 bits per heavy atom. The van der Waals surface area contributed by atoms with Crippen LogP contribution in [-0.4, -0.2) is 103 Å². The van der Waals surface area contributed by atoms with E-state index in [9.17, 15) is 29.1 Å². The first-order chi connectivity index (χ1) is 39.7. The standard InChI is InChI=1S/C65H113N9O8/c1-7-10-13-16-19-20-21-27-37-46-81-60(76)41-32-28-36-45-74(44-35-26-22-25-31-42-61(77)82-56(39-29-23-17-14-11-8-2)40-30-24-18-15-12-9-3)51-55(75)38-33-34-43-67-63(78)57-47-53(49-71(57)4)68-64(79)58-48-54(50-72(58)5)69-65(80)62-70-59(66)52-73(62)6/h47-50,52,55-56,75H,7-46,51,66H2,1-6H3,(H,67,78)(H,68,79)(H,69,80). The molecule has 1 atom stereocenters. The molecule has 3 rings (SSSR count). The van der Waals surface area contributed by atoms with Gasteiger partial charge in [0.2, 0.25) is 5.82 Å². The summed E-state index contributed by atoms with van der Waals surface area (Å²) in [5, 5.41) is 19.8. The molecule has 0 radical (unpaired) electrons. The van der Waals surface area contributed by atoms with Crippen molar-refractivity contribution in [2.75, 3.05) is 49.2 Å². The van der Waals surface area contributed by atoms with E-state index in [1.807, 2.05) is 0 Å². The number of rotatable bonds is 51. The number of nitrogens with zero attached hydrogens (tertiary/aromatic N) is 5. The van der Waals surface area contributed by atoms with E-state index in [0.717, 1.165) is 109 Å². The van der Waals surface area contributed by atoms with Crippen molar-refractivity contribution >= 4 is 46.9 Å². The van der Waals surface area contributed by atoms with Crippen LogP contribution in [0, 0.1) is 0 Å². The van der Waals surface area contributed by atoms with Crippen LogP contribution in [0.5, 0.6) is 0 Å². The maximum Gasteiger partial charge on any atom is 0.306 e. The molecule has 3 aromatic rings. The number of hydrogen-bond donors (Lipinski definition) is 5. The molecule has 82 heavy (non-hydrogen) atoms. The number of aryl methyl sites for hydroxylation is 3. The number of nitrogens with two attached hydrogens (primary N) is 1. The van der Waals surface area contributed by atoms with Crippen LogP contribution < -0.4 is 21.7 Å². The van der Waals surface area contributed by atoms with Crippen LogP contribution in [0.4, 0.5) is 17.2 Å². The summed E-state index contributed by atoms with van der Waals surface area (Å²) in [5.74, 6) is -0.930. The number of aliphatic hydroxyl groups excluding tert-OH is 1. The Hall–Kier alpha value is -5.16. The predicted octanol–water partition coefficient (Wildman–Crippen LogP) is 14.1. The number of unbranched alkanes of at least 4 members (excludes halogenated alkanes) is 25. The third kappa shape index (κ3) is 32.0. The Morgan fingerprint density at radius 1 is 0.537 bits per heavy atom. The number of amides is 3. The van der Waals surface area contributed by atoms with Crippen LogP contribution in [-0.2, 0) is 40.2 Å². The summed E-state index contributed by atoms with van der Waals surface area (Å²) in [6.07, 6.45) is 42.9. The highest BCUT2D eigenvalue weighted by Crippen LogP contribution is 2.21. The second-order valence-corrected chi connectivity index (χ2v) is 23.3. The fraction of sp³-hybridized carbons (Fsp3) is 0.754. The zero-order valence-corrected chi connectivity index (χ0v) is 52.2. The molecule has 0 aromatic carbocycles. The minimum Gasteiger partial charge on any atom is -0.466 e. The molecule has 3 aromatic heterocycles. The SMILES string of the molecule is CCCCCCCCCCCOC(=O)CCCCCN(CCCCCCCC(=O)OC(CCCCCCCC)CCCCCCCC)CC(O)CCCCNC(=O)c1cc(NC(=O)c2cc(NC(=O)c3nc(N)cn3C)cn2C)cn1C. The molecule has 0 aliphatic heterocycles. The number of imidazole rings is 1. The molecule has 0 spiro atoms. The van der Waals surface area contributed by atoms with Crippen LogP contribution in [0.25, 0.3) is 0 Å². The smallest absolute Gasteiger partial charge is 0.306 e. The Bertz CT molecular complexity index is 2190. The van der Waals surface area contributed by atoms with Gasteiger partial charge in [0.15, 0.2) is 0 Å². The zero-order chi connectivity index (χ0) is 59.6. The van der Waals surface area contributed by atoms with Crippen molar-refractivity contribution in [3.8, 4) is 0 Å². The maximum atomic E-state index is 13.3. The number of ether oxygens (including phenoxy) is 2. The molecule has 6 N–H and O–H groups in total. The Labute approximate surface area is 494 Å². The van der Waals surface area contributed by atoms with Crippen molar-refractivity contribution in [1.29, 1.82) is 0 Å². The van der Waals surface area contributed by atoms with Gasteiger partial charge in [-0.15, -0.1) is 0 Å². The molecule has 466 valence electrons. The van der Waals surface area contributed by atoms with Crippen molar-refractivity contribution in [2.24, 2.45) is 21.1 Å². The minimum atomic E-state index is -0.514. The van der Waals surface area contributed by atoms with E-state index < -0.39 is 17.9 Å². The summed E-state index contributed by atoms with van der Waals surface area (Å²) >= 11 is 0. The molecule has 0 fully saturated rings. The summed E-state index contributed by atoms with van der Waals surface area (Å²) in [5.41, 5.74) is 7.26. The van der Waals surface area contributed by atoms with E-state index in [-0.39, 0.29) is 35.6 Å². The highest BCUT2D eigenvalue weighted by Gasteiger charge is 2.20. The van der Waals surface area contributed by atoms with Gasteiger partial charge in [-0.2, -0.15) is 0 Å². The second kappa shape index (κ2) is 44.4. The maximum absolute atomic E-state index is 13.3. The third-order valence-electron chi connectivity index (χ3n) is 15.6. The van der Waals surface area contributed by atoms with E-state index in [1.165, 1.54) is 120 Å². The summed E-state index contributed by atoms with van der Waals surface area (Å²) in [6.45, 7) is 9.97. The topological polar surface area (TPSA) is 217 Å². The first-order valence-corrected chi connectivity index (χ1v) is 32.5. The van der Waals surface area contributed by atoms with E-state index in [0.29, 0.717) is 68.1 Å². The first-order valence-electron chi connectivity index (χ1n) is 32.5. The van der Waals surface area contributed by atoms with Crippen LogP contribution in [0.3, 0.4) is 0 Å². The highest BCUT2D eigenvalue weighted by atomic mass is 16.5.